The molecule has 0 fully saturated rings. The molecule has 4 rings (SSSR count). The first-order valence-corrected chi connectivity index (χ1v) is 11.7. The van der Waals surface area contributed by atoms with E-state index in [9.17, 15) is 15.0 Å². The average Bonchev–Trinajstić information content (AvgIpc) is 3.34. The predicted molar refractivity (Wildman–Crippen MR) is 139 cm³/mol. The number of hydrogen-bond donors (Lipinski definition) is 3. The van der Waals surface area contributed by atoms with Crippen LogP contribution in [0.3, 0.4) is 0 Å². The molecule has 36 heavy (non-hydrogen) atoms. The maximum Gasteiger partial charge on any atom is 0.257 e. The zero-order valence-corrected chi connectivity index (χ0v) is 20.7. The van der Waals surface area contributed by atoms with Gasteiger partial charge in [-0.1, -0.05) is 41.9 Å². The summed E-state index contributed by atoms with van der Waals surface area (Å²) in [5, 5.41) is 29.0. The lowest BCUT2D eigenvalue weighted by atomic mass is 10.0. The number of hydrogen-bond acceptors (Lipinski definition) is 6. The molecule has 0 bridgehead atoms. The molecule has 0 aliphatic heterocycles. The van der Waals surface area contributed by atoms with Crippen LogP contribution in [0.25, 0.3) is 16.9 Å². The summed E-state index contributed by atoms with van der Waals surface area (Å²) in [6.07, 6.45) is 1.57. The third-order valence-electron chi connectivity index (χ3n) is 5.68. The van der Waals surface area contributed by atoms with Gasteiger partial charge in [-0.05, 0) is 37.4 Å². The molecule has 186 valence electrons. The SMILES string of the molecule is CNCCOc1ccccc1CN(C)C(=O)c1cc(-c2ccnn2-c2ccccc2Cl)c(O)cc1O. The van der Waals surface area contributed by atoms with Crippen molar-refractivity contribution in [2.75, 3.05) is 27.2 Å². The van der Waals surface area contributed by atoms with Gasteiger partial charge in [0.1, 0.15) is 23.9 Å². The van der Waals surface area contributed by atoms with Crippen molar-refractivity contribution in [3.05, 3.63) is 89.1 Å². The molecule has 0 unspecified atom stereocenters. The van der Waals surface area contributed by atoms with Crippen LogP contribution < -0.4 is 10.1 Å². The van der Waals surface area contributed by atoms with Crippen molar-refractivity contribution < 1.29 is 19.7 Å². The lowest BCUT2D eigenvalue weighted by Gasteiger charge is -2.21. The fraction of sp³-hybridized carbons (Fsp3) is 0.185. The zero-order valence-electron chi connectivity index (χ0n) is 20.0. The lowest BCUT2D eigenvalue weighted by molar-refractivity contribution is 0.0781. The maximum absolute atomic E-state index is 13.4. The van der Waals surface area contributed by atoms with Crippen LogP contribution in [0, 0.1) is 0 Å². The number of benzene rings is 3. The Kier molecular flexibility index (Phi) is 7.77. The van der Waals surface area contributed by atoms with E-state index < -0.39 is 5.91 Å². The molecule has 1 amide bonds. The average molecular weight is 507 g/mol. The summed E-state index contributed by atoms with van der Waals surface area (Å²) in [6, 6.07) is 19.0. The minimum absolute atomic E-state index is 0.0470. The summed E-state index contributed by atoms with van der Waals surface area (Å²) in [4.78, 5) is 14.9. The van der Waals surface area contributed by atoms with Gasteiger partial charge in [0.05, 0.1) is 28.2 Å². The van der Waals surface area contributed by atoms with Crippen molar-refractivity contribution in [1.82, 2.24) is 20.0 Å². The van der Waals surface area contributed by atoms with Gasteiger partial charge in [0.25, 0.3) is 5.91 Å². The van der Waals surface area contributed by atoms with Crippen LogP contribution in [0.15, 0.2) is 72.9 Å². The van der Waals surface area contributed by atoms with Crippen molar-refractivity contribution in [2.45, 2.75) is 6.54 Å². The number of carbonyl (C=O) groups is 1. The molecule has 0 saturated heterocycles. The highest BCUT2D eigenvalue weighted by molar-refractivity contribution is 6.32. The first kappa shape index (κ1) is 25.1. The molecular formula is C27H27ClN4O4. The molecule has 0 spiro atoms. The number of likely N-dealkylation sites (N-methyl/N-ethyl adjacent to an activating group) is 1. The summed E-state index contributed by atoms with van der Waals surface area (Å²) in [6.45, 7) is 1.45. The molecule has 1 heterocycles. The molecule has 0 radical (unpaired) electrons. The van der Waals surface area contributed by atoms with Gasteiger partial charge in [0.2, 0.25) is 0 Å². The van der Waals surface area contributed by atoms with Crippen molar-refractivity contribution >= 4 is 17.5 Å². The highest BCUT2D eigenvalue weighted by Gasteiger charge is 2.22. The van der Waals surface area contributed by atoms with Gasteiger partial charge in [0, 0.05) is 37.3 Å². The normalized spacial score (nSPS) is 10.9. The van der Waals surface area contributed by atoms with Gasteiger partial charge in [-0.25, -0.2) is 4.68 Å². The van der Waals surface area contributed by atoms with Gasteiger partial charge in [-0.3, -0.25) is 4.79 Å². The van der Waals surface area contributed by atoms with Crippen molar-refractivity contribution in [3.8, 4) is 34.2 Å². The Bertz CT molecular complexity index is 1370. The number of nitrogens with zero attached hydrogens (tertiary/aromatic N) is 3. The Morgan fingerprint density at radius 3 is 2.61 bits per heavy atom. The topological polar surface area (TPSA) is 99.9 Å². The van der Waals surface area contributed by atoms with E-state index >= 15 is 0 Å². The Labute approximate surface area is 214 Å². The summed E-state index contributed by atoms with van der Waals surface area (Å²) < 4.78 is 7.41. The van der Waals surface area contributed by atoms with Gasteiger partial charge in [0.15, 0.2) is 0 Å². The Hall–Kier alpha value is -4.01. The third kappa shape index (κ3) is 5.30. The predicted octanol–water partition coefficient (Wildman–Crippen LogP) is 4.47. The molecule has 4 aromatic rings. The highest BCUT2D eigenvalue weighted by atomic mass is 35.5. The second-order valence-corrected chi connectivity index (χ2v) is 8.59. The first-order chi connectivity index (χ1) is 17.4. The molecule has 0 saturated carbocycles. The fourth-order valence-electron chi connectivity index (χ4n) is 3.85. The number of para-hydroxylation sites is 2. The van der Waals surface area contributed by atoms with E-state index in [2.05, 4.69) is 10.4 Å². The van der Waals surface area contributed by atoms with E-state index in [0.717, 1.165) is 11.6 Å². The van der Waals surface area contributed by atoms with Gasteiger partial charge < -0.3 is 25.2 Å². The monoisotopic (exact) mass is 506 g/mol. The minimum atomic E-state index is -0.414. The van der Waals surface area contributed by atoms with Gasteiger partial charge >= 0.3 is 0 Å². The van der Waals surface area contributed by atoms with Gasteiger partial charge in [-0.15, -0.1) is 0 Å². The highest BCUT2D eigenvalue weighted by Crippen LogP contribution is 2.37. The van der Waals surface area contributed by atoms with Crippen LogP contribution in [-0.4, -0.2) is 58.0 Å². The van der Waals surface area contributed by atoms with E-state index in [0.29, 0.717) is 40.9 Å². The molecule has 3 aromatic carbocycles. The van der Waals surface area contributed by atoms with Crippen LogP contribution in [0.1, 0.15) is 15.9 Å². The Morgan fingerprint density at radius 1 is 1.08 bits per heavy atom. The largest absolute Gasteiger partial charge is 0.507 e. The second kappa shape index (κ2) is 11.2. The number of aromatic hydroxyl groups is 2. The number of ether oxygens (including phenoxy) is 1. The number of aromatic nitrogens is 2. The summed E-state index contributed by atoms with van der Waals surface area (Å²) in [7, 11) is 3.49. The quantitative estimate of drug-likeness (QED) is 0.290. The molecule has 0 atom stereocenters. The maximum atomic E-state index is 13.4. The second-order valence-electron chi connectivity index (χ2n) is 8.19. The third-order valence-corrected chi connectivity index (χ3v) is 6.00. The van der Waals surface area contributed by atoms with Crippen LogP contribution in [-0.2, 0) is 6.54 Å². The van der Waals surface area contributed by atoms with Crippen LogP contribution in [0.2, 0.25) is 5.02 Å². The number of halogens is 1. The van der Waals surface area contributed by atoms with E-state index in [1.807, 2.05) is 43.4 Å². The molecule has 9 heteroatoms. The van der Waals surface area contributed by atoms with Crippen LogP contribution in [0.5, 0.6) is 17.2 Å². The summed E-state index contributed by atoms with van der Waals surface area (Å²) in [5.74, 6) is -0.242. The standard InChI is InChI=1S/C27H27ClN4O4/c1-29-13-14-36-26-10-6-3-7-18(26)17-31(2)27(35)20-15-19(24(33)16-25(20)34)22-11-12-30-32(22)23-9-5-4-8-21(23)28/h3-12,15-16,29,33-34H,13-14,17H2,1-2H3. The molecule has 0 aliphatic carbocycles. The molecule has 8 nitrogen and oxygen atoms in total. The Balaban J connectivity index is 1.64. The molecular weight excluding hydrogens is 480 g/mol. The minimum Gasteiger partial charge on any atom is -0.507 e. The zero-order chi connectivity index (χ0) is 25.7. The van der Waals surface area contributed by atoms with E-state index in [-0.39, 0.29) is 23.6 Å². The Morgan fingerprint density at radius 2 is 1.83 bits per heavy atom. The van der Waals surface area contributed by atoms with Crippen molar-refractivity contribution in [2.24, 2.45) is 0 Å². The van der Waals surface area contributed by atoms with Gasteiger partial charge in [-0.2, -0.15) is 5.10 Å². The van der Waals surface area contributed by atoms with Crippen molar-refractivity contribution in [1.29, 1.82) is 0 Å². The number of amides is 1. The van der Waals surface area contributed by atoms with Crippen LogP contribution >= 0.6 is 11.6 Å². The number of carbonyl (C=O) groups excluding carboxylic acids is 1. The van der Waals surface area contributed by atoms with E-state index in [4.69, 9.17) is 16.3 Å². The molecule has 1 aromatic heterocycles. The first-order valence-electron chi connectivity index (χ1n) is 11.4. The van der Waals surface area contributed by atoms with Crippen LogP contribution in [0.4, 0.5) is 0 Å². The van der Waals surface area contributed by atoms with E-state index in [1.54, 1.807) is 36.1 Å². The molecule has 3 N–H and O–H groups in total. The smallest absolute Gasteiger partial charge is 0.257 e. The lowest BCUT2D eigenvalue weighted by Crippen LogP contribution is -2.27. The number of phenols is 2. The summed E-state index contributed by atoms with van der Waals surface area (Å²) >= 11 is 6.36. The van der Waals surface area contributed by atoms with Crippen molar-refractivity contribution in [3.63, 3.8) is 0 Å². The fourth-order valence-corrected chi connectivity index (χ4v) is 4.06. The number of nitrogens with one attached hydrogen (secondary N) is 1. The summed E-state index contributed by atoms with van der Waals surface area (Å²) in [5.41, 5.74) is 2.34. The number of phenolic OH excluding ortho intramolecular Hbond substituents is 2. The molecule has 0 aliphatic rings. The van der Waals surface area contributed by atoms with E-state index in [1.165, 1.54) is 11.0 Å². The number of rotatable bonds is 9.